The zero-order valence-corrected chi connectivity index (χ0v) is 13.8. The molecule has 6 heteroatoms. The summed E-state index contributed by atoms with van der Waals surface area (Å²) in [5.41, 5.74) is 2.96. The Morgan fingerprint density at radius 1 is 1.21 bits per heavy atom. The minimum atomic E-state index is 0.437. The summed E-state index contributed by atoms with van der Waals surface area (Å²) in [4.78, 5) is 18.3. The van der Waals surface area contributed by atoms with Crippen LogP contribution in [-0.4, -0.2) is 45.0 Å². The SMILES string of the molecule is CN1CCC[C@@H](CNc2ncnc3nc[nH]c23)[C@H]1c1ccccc1. The smallest absolute Gasteiger partial charge is 0.182 e. The highest BCUT2D eigenvalue weighted by molar-refractivity contribution is 5.81. The maximum atomic E-state index is 4.37. The van der Waals surface area contributed by atoms with E-state index in [0.29, 0.717) is 17.6 Å². The summed E-state index contributed by atoms with van der Waals surface area (Å²) >= 11 is 0. The highest BCUT2D eigenvalue weighted by atomic mass is 15.2. The summed E-state index contributed by atoms with van der Waals surface area (Å²) in [6.07, 6.45) is 5.67. The zero-order chi connectivity index (χ0) is 16.4. The number of H-pyrrole nitrogens is 1. The molecule has 0 radical (unpaired) electrons. The average Bonchev–Trinajstić information content (AvgIpc) is 3.10. The summed E-state index contributed by atoms with van der Waals surface area (Å²) in [7, 11) is 2.22. The molecule has 1 aliphatic heterocycles. The van der Waals surface area contributed by atoms with Crippen LogP contribution in [0, 0.1) is 5.92 Å². The maximum Gasteiger partial charge on any atom is 0.182 e. The molecule has 0 amide bonds. The van der Waals surface area contributed by atoms with Crippen molar-refractivity contribution in [3.8, 4) is 0 Å². The molecule has 1 aromatic carbocycles. The molecule has 2 aromatic heterocycles. The second-order valence-electron chi connectivity index (χ2n) is 6.44. The summed E-state index contributed by atoms with van der Waals surface area (Å²) in [5.74, 6) is 1.37. The molecule has 2 N–H and O–H groups in total. The first kappa shape index (κ1) is 15.1. The van der Waals surface area contributed by atoms with Gasteiger partial charge in [0.15, 0.2) is 11.5 Å². The number of hydrogen-bond donors (Lipinski definition) is 2. The molecular formula is C18H22N6. The Bertz CT molecular complexity index is 799. The van der Waals surface area contributed by atoms with E-state index in [2.05, 4.69) is 67.5 Å². The first-order chi connectivity index (χ1) is 11.8. The van der Waals surface area contributed by atoms with Crippen molar-refractivity contribution in [2.24, 2.45) is 5.92 Å². The van der Waals surface area contributed by atoms with Gasteiger partial charge in [0.05, 0.1) is 6.33 Å². The Hall–Kier alpha value is -2.47. The Morgan fingerprint density at radius 3 is 2.96 bits per heavy atom. The van der Waals surface area contributed by atoms with Crippen molar-refractivity contribution in [2.45, 2.75) is 18.9 Å². The second-order valence-corrected chi connectivity index (χ2v) is 6.44. The van der Waals surface area contributed by atoms with Gasteiger partial charge >= 0.3 is 0 Å². The van der Waals surface area contributed by atoms with E-state index in [1.807, 2.05) is 0 Å². The van der Waals surface area contributed by atoms with Crippen LogP contribution in [0.5, 0.6) is 0 Å². The summed E-state index contributed by atoms with van der Waals surface area (Å²) in [6, 6.07) is 11.2. The van der Waals surface area contributed by atoms with Gasteiger partial charge in [-0.25, -0.2) is 15.0 Å². The third kappa shape index (κ3) is 2.85. The number of hydrogen-bond acceptors (Lipinski definition) is 5. The fourth-order valence-corrected chi connectivity index (χ4v) is 3.78. The lowest BCUT2D eigenvalue weighted by atomic mass is 9.85. The van der Waals surface area contributed by atoms with Crippen molar-refractivity contribution in [1.29, 1.82) is 0 Å². The van der Waals surface area contributed by atoms with Gasteiger partial charge in [-0.05, 0) is 37.9 Å². The van der Waals surface area contributed by atoms with Gasteiger partial charge in [-0.15, -0.1) is 0 Å². The lowest BCUT2D eigenvalue weighted by molar-refractivity contribution is 0.128. The van der Waals surface area contributed by atoms with E-state index < -0.39 is 0 Å². The molecule has 1 aliphatic rings. The van der Waals surface area contributed by atoms with Crippen molar-refractivity contribution in [3.05, 3.63) is 48.5 Å². The molecule has 124 valence electrons. The molecule has 3 heterocycles. The number of imidazole rings is 1. The predicted octanol–water partition coefficient (Wildman–Crippen LogP) is 2.85. The van der Waals surface area contributed by atoms with Crippen LogP contribution in [0.15, 0.2) is 43.0 Å². The number of aromatic amines is 1. The topological polar surface area (TPSA) is 69.7 Å². The molecule has 0 spiro atoms. The van der Waals surface area contributed by atoms with Crippen LogP contribution in [0.1, 0.15) is 24.4 Å². The van der Waals surface area contributed by atoms with Crippen LogP contribution in [0.2, 0.25) is 0 Å². The van der Waals surface area contributed by atoms with Crippen LogP contribution in [0.3, 0.4) is 0 Å². The van der Waals surface area contributed by atoms with Crippen LogP contribution in [-0.2, 0) is 0 Å². The van der Waals surface area contributed by atoms with Crippen molar-refractivity contribution in [1.82, 2.24) is 24.8 Å². The van der Waals surface area contributed by atoms with E-state index >= 15 is 0 Å². The molecule has 4 rings (SSSR count). The van der Waals surface area contributed by atoms with Gasteiger partial charge in [0.25, 0.3) is 0 Å². The molecule has 2 atom stereocenters. The quantitative estimate of drug-likeness (QED) is 0.773. The molecule has 0 bridgehead atoms. The molecule has 3 aromatic rings. The molecule has 0 aliphatic carbocycles. The molecule has 1 fully saturated rings. The number of likely N-dealkylation sites (tertiary alicyclic amines) is 1. The normalized spacial score (nSPS) is 21.9. The first-order valence-electron chi connectivity index (χ1n) is 8.46. The fourth-order valence-electron chi connectivity index (χ4n) is 3.78. The van der Waals surface area contributed by atoms with Crippen LogP contribution in [0.25, 0.3) is 11.2 Å². The number of piperidine rings is 1. The third-order valence-electron chi connectivity index (χ3n) is 4.90. The Morgan fingerprint density at radius 2 is 2.08 bits per heavy atom. The fraction of sp³-hybridized carbons (Fsp3) is 0.389. The first-order valence-corrected chi connectivity index (χ1v) is 8.46. The van der Waals surface area contributed by atoms with E-state index in [1.54, 1.807) is 12.7 Å². The molecule has 6 nitrogen and oxygen atoms in total. The van der Waals surface area contributed by atoms with Crippen molar-refractivity contribution < 1.29 is 0 Å². The van der Waals surface area contributed by atoms with Crippen LogP contribution >= 0.6 is 0 Å². The molecule has 0 saturated carbocycles. The minimum absolute atomic E-state index is 0.437. The number of anilines is 1. The zero-order valence-electron chi connectivity index (χ0n) is 13.8. The lowest BCUT2D eigenvalue weighted by Gasteiger charge is -2.39. The summed E-state index contributed by atoms with van der Waals surface area (Å²) in [6.45, 7) is 2.03. The maximum absolute atomic E-state index is 4.37. The summed E-state index contributed by atoms with van der Waals surface area (Å²) < 4.78 is 0. The lowest BCUT2D eigenvalue weighted by Crippen LogP contribution is -2.39. The number of nitrogens with one attached hydrogen (secondary N) is 2. The van der Waals surface area contributed by atoms with Crippen LogP contribution < -0.4 is 5.32 Å². The minimum Gasteiger partial charge on any atom is -0.368 e. The average molecular weight is 322 g/mol. The Kier molecular flexibility index (Phi) is 4.13. The largest absolute Gasteiger partial charge is 0.368 e. The van der Waals surface area contributed by atoms with Gasteiger partial charge in [-0.2, -0.15) is 0 Å². The Balaban J connectivity index is 1.54. The molecule has 1 saturated heterocycles. The summed E-state index contributed by atoms with van der Waals surface area (Å²) in [5, 5.41) is 3.51. The van der Waals surface area contributed by atoms with E-state index in [0.717, 1.165) is 24.4 Å². The molecule has 24 heavy (non-hydrogen) atoms. The molecular weight excluding hydrogens is 300 g/mol. The van der Waals surface area contributed by atoms with E-state index in [1.165, 1.54) is 18.4 Å². The highest BCUT2D eigenvalue weighted by Crippen LogP contribution is 2.35. The standard InChI is InChI=1S/C18H22N6/c1-24-9-5-8-14(16(24)13-6-3-2-4-7-13)10-19-17-15-18(21-11-20-15)23-12-22-17/h2-4,6-7,11-12,14,16H,5,8-10H2,1H3,(H2,19,20,21,22,23)/t14-,16+/m0/s1. The van der Waals surface area contributed by atoms with Gasteiger partial charge in [-0.3, -0.25) is 4.90 Å². The van der Waals surface area contributed by atoms with Crippen molar-refractivity contribution in [2.75, 3.05) is 25.5 Å². The van der Waals surface area contributed by atoms with E-state index in [-0.39, 0.29) is 0 Å². The second kappa shape index (κ2) is 6.57. The van der Waals surface area contributed by atoms with E-state index in [4.69, 9.17) is 0 Å². The van der Waals surface area contributed by atoms with Gasteiger partial charge in [0.2, 0.25) is 0 Å². The number of benzene rings is 1. The number of nitrogens with zero attached hydrogens (tertiary/aromatic N) is 4. The molecule has 0 unspecified atom stereocenters. The third-order valence-corrected chi connectivity index (χ3v) is 4.90. The van der Waals surface area contributed by atoms with E-state index in [9.17, 15) is 0 Å². The number of fused-ring (bicyclic) bond motifs is 1. The van der Waals surface area contributed by atoms with Gasteiger partial charge < -0.3 is 10.3 Å². The van der Waals surface area contributed by atoms with Crippen molar-refractivity contribution >= 4 is 17.0 Å². The van der Waals surface area contributed by atoms with Crippen molar-refractivity contribution in [3.63, 3.8) is 0 Å². The van der Waals surface area contributed by atoms with Crippen LogP contribution in [0.4, 0.5) is 5.82 Å². The monoisotopic (exact) mass is 322 g/mol. The van der Waals surface area contributed by atoms with Gasteiger partial charge in [-0.1, -0.05) is 30.3 Å². The van der Waals surface area contributed by atoms with Gasteiger partial charge in [0, 0.05) is 12.6 Å². The highest BCUT2D eigenvalue weighted by Gasteiger charge is 2.30. The number of aromatic nitrogens is 4. The Labute approximate surface area is 141 Å². The van der Waals surface area contributed by atoms with Gasteiger partial charge in [0.1, 0.15) is 11.8 Å². The number of rotatable bonds is 4. The predicted molar refractivity (Wildman–Crippen MR) is 94.7 cm³/mol.